The SMILES string of the molecule is COc1ccc(C(=O)Oc2cc(/C=C3\SC(=O)N(CCOc4cc(C)ccc4C(C)C)C3=O)ccc2OC)cc1. The van der Waals surface area contributed by atoms with Crippen molar-refractivity contribution in [1.82, 2.24) is 4.90 Å². The number of ether oxygens (including phenoxy) is 4. The van der Waals surface area contributed by atoms with Crippen molar-refractivity contribution in [3.8, 4) is 23.0 Å². The number of benzene rings is 3. The van der Waals surface area contributed by atoms with Gasteiger partial charge in [-0.2, -0.15) is 0 Å². The van der Waals surface area contributed by atoms with Crippen LogP contribution in [0.5, 0.6) is 23.0 Å². The maximum absolute atomic E-state index is 13.1. The number of carbonyl (C=O) groups is 3. The quantitative estimate of drug-likeness (QED) is 0.158. The van der Waals surface area contributed by atoms with Crippen molar-refractivity contribution in [2.45, 2.75) is 26.7 Å². The van der Waals surface area contributed by atoms with E-state index < -0.39 is 11.9 Å². The smallest absolute Gasteiger partial charge is 0.343 e. The summed E-state index contributed by atoms with van der Waals surface area (Å²) in [4.78, 5) is 39.8. The number of imide groups is 1. The first-order chi connectivity index (χ1) is 19.2. The van der Waals surface area contributed by atoms with Crippen LogP contribution in [0.3, 0.4) is 0 Å². The Morgan fingerprint density at radius 2 is 1.68 bits per heavy atom. The highest BCUT2D eigenvalue weighted by atomic mass is 32.2. The Labute approximate surface area is 237 Å². The van der Waals surface area contributed by atoms with Gasteiger partial charge in [0.1, 0.15) is 18.1 Å². The summed E-state index contributed by atoms with van der Waals surface area (Å²) in [5.74, 6) is 1.21. The van der Waals surface area contributed by atoms with E-state index >= 15 is 0 Å². The van der Waals surface area contributed by atoms with E-state index in [4.69, 9.17) is 18.9 Å². The summed E-state index contributed by atoms with van der Waals surface area (Å²) in [6.07, 6.45) is 1.59. The van der Waals surface area contributed by atoms with Gasteiger partial charge in [-0.25, -0.2) is 4.79 Å². The molecule has 0 bridgehead atoms. The molecule has 0 saturated carbocycles. The normalized spacial score (nSPS) is 14.2. The third-order valence-electron chi connectivity index (χ3n) is 6.25. The Morgan fingerprint density at radius 3 is 2.35 bits per heavy atom. The molecule has 0 radical (unpaired) electrons. The van der Waals surface area contributed by atoms with E-state index in [0.717, 1.165) is 28.6 Å². The Bertz CT molecular complexity index is 1450. The van der Waals surface area contributed by atoms with Gasteiger partial charge in [0.25, 0.3) is 11.1 Å². The van der Waals surface area contributed by atoms with Crippen molar-refractivity contribution in [1.29, 1.82) is 0 Å². The van der Waals surface area contributed by atoms with Crippen LogP contribution in [0.25, 0.3) is 6.08 Å². The van der Waals surface area contributed by atoms with Crippen LogP contribution in [0.1, 0.15) is 46.8 Å². The van der Waals surface area contributed by atoms with Gasteiger partial charge in [-0.15, -0.1) is 0 Å². The zero-order chi connectivity index (χ0) is 28.8. The Kier molecular flexibility index (Phi) is 9.16. The lowest BCUT2D eigenvalue weighted by molar-refractivity contribution is -0.123. The minimum absolute atomic E-state index is 0.126. The first kappa shape index (κ1) is 28.8. The number of amides is 2. The van der Waals surface area contributed by atoms with Gasteiger partial charge in [-0.3, -0.25) is 14.5 Å². The average molecular weight is 562 g/mol. The van der Waals surface area contributed by atoms with E-state index in [2.05, 4.69) is 13.8 Å². The molecule has 1 saturated heterocycles. The molecule has 1 aliphatic rings. The monoisotopic (exact) mass is 561 g/mol. The minimum atomic E-state index is -0.576. The Hall–Kier alpha value is -4.24. The molecule has 0 unspecified atom stereocenters. The number of aryl methyl sites for hydroxylation is 1. The van der Waals surface area contributed by atoms with Gasteiger partial charge >= 0.3 is 5.97 Å². The molecular weight excluding hydrogens is 530 g/mol. The van der Waals surface area contributed by atoms with E-state index in [9.17, 15) is 14.4 Å². The van der Waals surface area contributed by atoms with Crippen molar-refractivity contribution >= 4 is 35.0 Å². The summed E-state index contributed by atoms with van der Waals surface area (Å²) in [5, 5.41) is -0.368. The van der Waals surface area contributed by atoms with E-state index in [1.807, 2.05) is 25.1 Å². The fraction of sp³-hybridized carbons (Fsp3) is 0.258. The molecule has 4 rings (SSSR count). The number of methoxy groups -OCH3 is 2. The first-order valence-corrected chi connectivity index (χ1v) is 13.5. The summed E-state index contributed by atoms with van der Waals surface area (Å²) in [7, 11) is 3.01. The fourth-order valence-corrected chi connectivity index (χ4v) is 4.95. The lowest BCUT2D eigenvalue weighted by Crippen LogP contribution is -2.32. The second-order valence-corrected chi connectivity index (χ2v) is 10.4. The summed E-state index contributed by atoms with van der Waals surface area (Å²) in [6, 6.07) is 17.5. The molecule has 40 heavy (non-hydrogen) atoms. The highest BCUT2D eigenvalue weighted by Crippen LogP contribution is 2.35. The molecule has 2 amide bonds. The molecule has 8 nitrogen and oxygen atoms in total. The van der Waals surface area contributed by atoms with Crippen LogP contribution in [0.2, 0.25) is 0 Å². The lowest BCUT2D eigenvalue weighted by Gasteiger charge is -2.17. The molecule has 1 fully saturated rings. The molecular formula is C31H31NO7S. The molecule has 0 aliphatic carbocycles. The molecule has 0 spiro atoms. The third-order valence-corrected chi connectivity index (χ3v) is 7.16. The Morgan fingerprint density at radius 1 is 0.925 bits per heavy atom. The highest BCUT2D eigenvalue weighted by Gasteiger charge is 2.35. The van der Waals surface area contributed by atoms with Crippen molar-refractivity contribution < 1.29 is 33.3 Å². The van der Waals surface area contributed by atoms with Gasteiger partial charge in [0.2, 0.25) is 0 Å². The van der Waals surface area contributed by atoms with Gasteiger partial charge in [-0.05, 0) is 89.8 Å². The second kappa shape index (κ2) is 12.7. The van der Waals surface area contributed by atoms with E-state index in [0.29, 0.717) is 22.6 Å². The molecule has 9 heteroatoms. The van der Waals surface area contributed by atoms with Crippen molar-refractivity contribution in [3.63, 3.8) is 0 Å². The molecule has 0 N–H and O–H groups in total. The molecule has 1 heterocycles. The van der Waals surface area contributed by atoms with Crippen LogP contribution in [0.4, 0.5) is 4.79 Å². The maximum Gasteiger partial charge on any atom is 0.343 e. The van der Waals surface area contributed by atoms with Crippen molar-refractivity contribution in [3.05, 3.63) is 87.8 Å². The maximum atomic E-state index is 13.1. The molecule has 0 atom stereocenters. The van der Waals surface area contributed by atoms with Crippen LogP contribution in [-0.4, -0.2) is 49.4 Å². The highest BCUT2D eigenvalue weighted by molar-refractivity contribution is 8.18. The third kappa shape index (κ3) is 6.66. The number of hydrogen-bond acceptors (Lipinski definition) is 8. The van der Waals surface area contributed by atoms with Gasteiger partial charge in [0.15, 0.2) is 11.5 Å². The number of hydrogen-bond donors (Lipinski definition) is 0. The predicted octanol–water partition coefficient (Wildman–Crippen LogP) is 6.47. The predicted molar refractivity (Wildman–Crippen MR) is 154 cm³/mol. The summed E-state index contributed by atoms with van der Waals surface area (Å²) in [6.45, 7) is 6.47. The largest absolute Gasteiger partial charge is 0.497 e. The summed E-state index contributed by atoms with van der Waals surface area (Å²) < 4.78 is 22.0. The van der Waals surface area contributed by atoms with Gasteiger partial charge in [-0.1, -0.05) is 32.0 Å². The number of thioether (sulfide) groups is 1. The first-order valence-electron chi connectivity index (χ1n) is 12.7. The lowest BCUT2D eigenvalue weighted by atomic mass is 10.0. The van der Waals surface area contributed by atoms with Crippen LogP contribution >= 0.6 is 11.8 Å². The minimum Gasteiger partial charge on any atom is -0.497 e. The Balaban J connectivity index is 1.45. The number of esters is 1. The summed E-state index contributed by atoms with van der Waals surface area (Å²) in [5.41, 5.74) is 3.05. The van der Waals surface area contributed by atoms with E-state index in [1.54, 1.807) is 55.7 Å². The molecule has 3 aromatic rings. The standard InChI is InChI=1S/C31H31NO7S/c1-19(2)24-12-6-20(3)16-26(24)38-15-14-32-29(33)28(40-31(32)35)18-21-7-13-25(37-5)27(17-21)39-30(34)22-8-10-23(36-4)11-9-22/h6-13,16-19H,14-15H2,1-5H3/b28-18-. The number of nitrogens with zero attached hydrogens (tertiary/aromatic N) is 1. The van der Waals surface area contributed by atoms with Crippen LogP contribution < -0.4 is 18.9 Å². The number of carbonyl (C=O) groups excluding carboxylic acids is 3. The number of rotatable bonds is 10. The van der Waals surface area contributed by atoms with Crippen LogP contribution in [0.15, 0.2) is 65.6 Å². The topological polar surface area (TPSA) is 91.4 Å². The fourth-order valence-electron chi connectivity index (χ4n) is 4.08. The molecule has 3 aromatic carbocycles. The average Bonchev–Trinajstić information content (AvgIpc) is 3.20. The zero-order valence-electron chi connectivity index (χ0n) is 23.1. The van der Waals surface area contributed by atoms with Gasteiger partial charge in [0.05, 0.1) is 31.2 Å². The molecule has 1 aliphatic heterocycles. The van der Waals surface area contributed by atoms with E-state index in [1.165, 1.54) is 12.0 Å². The zero-order valence-corrected chi connectivity index (χ0v) is 23.9. The van der Waals surface area contributed by atoms with Crippen LogP contribution in [0, 0.1) is 6.92 Å². The van der Waals surface area contributed by atoms with Gasteiger partial charge < -0.3 is 18.9 Å². The van der Waals surface area contributed by atoms with E-state index in [-0.39, 0.29) is 35.0 Å². The summed E-state index contributed by atoms with van der Waals surface area (Å²) >= 11 is 0.856. The van der Waals surface area contributed by atoms with Crippen LogP contribution in [-0.2, 0) is 4.79 Å². The van der Waals surface area contributed by atoms with Crippen molar-refractivity contribution in [2.24, 2.45) is 0 Å². The van der Waals surface area contributed by atoms with Crippen molar-refractivity contribution in [2.75, 3.05) is 27.4 Å². The molecule has 208 valence electrons. The molecule has 0 aromatic heterocycles. The van der Waals surface area contributed by atoms with Gasteiger partial charge in [0, 0.05) is 0 Å². The second-order valence-electron chi connectivity index (χ2n) is 9.41.